The van der Waals surface area contributed by atoms with Gasteiger partial charge in [-0.1, -0.05) is 54.6 Å². The second-order valence-corrected chi connectivity index (χ2v) is 14.4. The first-order chi connectivity index (χ1) is 18.6. The van der Waals surface area contributed by atoms with Gasteiger partial charge in [0.25, 0.3) is 11.8 Å². The van der Waals surface area contributed by atoms with E-state index < -0.39 is 0 Å². The average molecular weight is 506 g/mol. The topological polar surface area (TPSA) is 37.4 Å². The lowest BCUT2D eigenvalue weighted by Gasteiger charge is -2.37. The van der Waals surface area contributed by atoms with Gasteiger partial charge in [-0.3, -0.25) is 14.5 Å². The van der Waals surface area contributed by atoms with Crippen LogP contribution in [0.1, 0.15) is 50.0 Å². The molecular weight excluding hydrogens is 466 g/mol. The van der Waals surface area contributed by atoms with Crippen LogP contribution >= 0.6 is 0 Å². The second kappa shape index (κ2) is 8.05. The average Bonchev–Trinajstić information content (AvgIpc) is 3.78. The Kier molecular flexibility index (Phi) is 4.75. The van der Waals surface area contributed by atoms with E-state index in [-0.39, 0.29) is 11.8 Å². The Balaban J connectivity index is 0.000000112. The van der Waals surface area contributed by atoms with Crippen LogP contribution in [0.15, 0.2) is 66.8 Å². The molecule has 6 saturated carbocycles. The van der Waals surface area contributed by atoms with E-state index in [0.717, 1.165) is 76.9 Å². The first-order valence-corrected chi connectivity index (χ1v) is 15.6. The summed E-state index contributed by atoms with van der Waals surface area (Å²) >= 11 is 0. The van der Waals surface area contributed by atoms with Crippen molar-refractivity contribution in [3.05, 3.63) is 72.4 Å². The lowest BCUT2D eigenvalue weighted by atomic mass is 9.68. The Morgan fingerprint density at radius 1 is 0.605 bits per heavy atom. The molecule has 0 radical (unpaired) electrons. The van der Waals surface area contributed by atoms with Crippen LogP contribution in [0, 0.1) is 76.9 Å². The standard InChI is InChI=1S/C18H20.C17H19NO2/c1-2-4-11(5-3-1)15-9-14-10-16(15)18-13-7-6-12(8-13)17(14)18;19-14-3-4-15(20)18(14)8-12-6-11-7-13(12)17-10-2-1-9(5-10)16(11)17/h1-7,12-18H,8-10H2;1-4,9-13,16-17H,5-8H2. The van der Waals surface area contributed by atoms with Crippen molar-refractivity contribution in [1.29, 1.82) is 0 Å². The van der Waals surface area contributed by atoms with E-state index in [4.69, 9.17) is 0 Å². The van der Waals surface area contributed by atoms with E-state index in [0.29, 0.717) is 12.5 Å². The fraction of sp³-hybridized carbons (Fsp3) is 0.600. The molecular formula is C35H39NO2. The number of hydrogen-bond donors (Lipinski definition) is 0. The molecule has 0 saturated heterocycles. The van der Waals surface area contributed by atoms with Gasteiger partial charge < -0.3 is 0 Å². The molecule has 2 amide bonds. The summed E-state index contributed by atoms with van der Waals surface area (Å²) in [6.45, 7) is 0.663. The predicted molar refractivity (Wildman–Crippen MR) is 146 cm³/mol. The van der Waals surface area contributed by atoms with Crippen LogP contribution in [0.3, 0.4) is 0 Å². The minimum atomic E-state index is -0.109. The van der Waals surface area contributed by atoms with E-state index in [9.17, 15) is 9.59 Å². The SMILES string of the molecule is C1=CC2CC1C1C3CC(c4ccccc4)C(C3)C21.O=C1C=CC(=O)N1CC1CC2CC1C1C3C=CC(C3)C21. The van der Waals surface area contributed by atoms with Crippen LogP contribution in [-0.4, -0.2) is 23.3 Å². The number of benzene rings is 1. The fourth-order valence-electron chi connectivity index (χ4n) is 12.3. The maximum absolute atomic E-state index is 11.7. The number of hydrogen-bond acceptors (Lipinski definition) is 2. The van der Waals surface area contributed by atoms with Gasteiger partial charge in [0.15, 0.2) is 0 Å². The quantitative estimate of drug-likeness (QED) is 0.276. The summed E-state index contributed by atoms with van der Waals surface area (Å²) in [6, 6.07) is 11.3. The number of carbonyl (C=O) groups excluding carboxylic acids is 2. The maximum Gasteiger partial charge on any atom is 0.253 e. The number of imide groups is 1. The largest absolute Gasteiger partial charge is 0.275 e. The number of fused-ring (bicyclic) bond motifs is 18. The minimum Gasteiger partial charge on any atom is -0.275 e. The first kappa shape index (κ1) is 22.4. The Morgan fingerprint density at radius 2 is 1.16 bits per heavy atom. The molecule has 14 atom stereocenters. The third-order valence-electron chi connectivity index (χ3n) is 13.2. The van der Waals surface area contributed by atoms with Gasteiger partial charge >= 0.3 is 0 Å². The molecule has 8 bridgehead atoms. The molecule has 8 aliphatic carbocycles. The van der Waals surface area contributed by atoms with E-state index in [2.05, 4.69) is 54.6 Å². The molecule has 0 N–H and O–H groups in total. The smallest absolute Gasteiger partial charge is 0.253 e. The molecule has 38 heavy (non-hydrogen) atoms. The lowest BCUT2D eigenvalue weighted by molar-refractivity contribution is -0.138. The highest BCUT2D eigenvalue weighted by molar-refractivity contribution is 6.12. The Morgan fingerprint density at radius 3 is 1.82 bits per heavy atom. The Labute approximate surface area is 226 Å². The molecule has 1 aliphatic heterocycles. The Bertz CT molecular complexity index is 1240. The number of carbonyl (C=O) groups is 2. The molecule has 14 unspecified atom stereocenters. The van der Waals surface area contributed by atoms with Gasteiger partial charge in [0, 0.05) is 18.7 Å². The van der Waals surface area contributed by atoms with Crippen molar-refractivity contribution in [2.45, 2.75) is 44.4 Å². The molecule has 1 aromatic rings. The predicted octanol–water partition coefficient (Wildman–Crippen LogP) is 6.25. The normalized spacial score (nSPS) is 50.9. The van der Waals surface area contributed by atoms with Crippen molar-refractivity contribution in [3.8, 4) is 0 Å². The third kappa shape index (κ3) is 3.02. The summed E-state index contributed by atoms with van der Waals surface area (Å²) in [5, 5.41) is 0. The van der Waals surface area contributed by atoms with Crippen molar-refractivity contribution < 1.29 is 9.59 Å². The summed E-state index contributed by atoms with van der Waals surface area (Å²) in [6.07, 6.45) is 21.3. The molecule has 1 heterocycles. The molecule has 0 aromatic heterocycles. The zero-order valence-corrected chi connectivity index (χ0v) is 22.1. The van der Waals surface area contributed by atoms with Gasteiger partial charge in [0.1, 0.15) is 0 Å². The molecule has 3 heteroatoms. The maximum atomic E-state index is 11.7. The molecule has 6 fully saturated rings. The lowest BCUT2D eigenvalue weighted by Crippen LogP contribution is -2.40. The summed E-state index contributed by atoms with van der Waals surface area (Å²) in [4.78, 5) is 24.9. The van der Waals surface area contributed by atoms with E-state index >= 15 is 0 Å². The van der Waals surface area contributed by atoms with Gasteiger partial charge in [-0.25, -0.2) is 0 Å². The van der Waals surface area contributed by atoms with Gasteiger partial charge in [0.2, 0.25) is 0 Å². The van der Waals surface area contributed by atoms with Crippen LogP contribution in [-0.2, 0) is 9.59 Å². The number of allylic oxidation sites excluding steroid dienone is 4. The summed E-state index contributed by atoms with van der Waals surface area (Å²) < 4.78 is 0. The van der Waals surface area contributed by atoms with E-state index in [1.165, 1.54) is 55.6 Å². The molecule has 1 aromatic carbocycles. The van der Waals surface area contributed by atoms with Crippen molar-refractivity contribution in [3.63, 3.8) is 0 Å². The number of nitrogens with zero attached hydrogens (tertiary/aromatic N) is 1. The van der Waals surface area contributed by atoms with Gasteiger partial charge in [0.05, 0.1) is 0 Å². The van der Waals surface area contributed by atoms with Crippen molar-refractivity contribution in [2.24, 2.45) is 76.9 Å². The fourth-order valence-corrected chi connectivity index (χ4v) is 12.3. The first-order valence-electron chi connectivity index (χ1n) is 15.6. The summed E-state index contributed by atoms with van der Waals surface area (Å²) in [5.41, 5.74) is 1.62. The molecule has 0 spiro atoms. The van der Waals surface area contributed by atoms with Gasteiger partial charge in [-0.2, -0.15) is 0 Å². The zero-order valence-electron chi connectivity index (χ0n) is 22.1. The van der Waals surface area contributed by atoms with Gasteiger partial charge in [-0.05, 0) is 127 Å². The third-order valence-corrected chi connectivity index (χ3v) is 13.2. The van der Waals surface area contributed by atoms with Crippen molar-refractivity contribution in [1.82, 2.24) is 4.90 Å². The molecule has 3 nitrogen and oxygen atoms in total. The van der Waals surface area contributed by atoms with Crippen LogP contribution in [0.4, 0.5) is 0 Å². The van der Waals surface area contributed by atoms with Crippen LogP contribution in [0.5, 0.6) is 0 Å². The van der Waals surface area contributed by atoms with Crippen LogP contribution < -0.4 is 0 Å². The minimum absolute atomic E-state index is 0.109. The molecule has 10 rings (SSSR count). The van der Waals surface area contributed by atoms with Crippen LogP contribution in [0.2, 0.25) is 0 Å². The van der Waals surface area contributed by atoms with E-state index in [1.807, 2.05) is 0 Å². The molecule has 9 aliphatic rings. The monoisotopic (exact) mass is 505 g/mol. The number of rotatable bonds is 3. The highest BCUT2D eigenvalue weighted by atomic mass is 16.2. The zero-order chi connectivity index (χ0) is 25.1. The molecule has 196 valence electrons. The highest BCUT2D eigenvalue weighted by Gasteiger charge is 2.62. The van der Waals surface area contributed by atoms with Crippen molar-refractivity contribution in [2.75, 3.05) is 6.54 Å². The highest BCUT2D eigenvalue weighted by Crippen LogP contribution is 2.69. The number of amides is 2. The van der Waals surface area contributed by atoms with Gasteiger partial charge in [-0.15, -0.1) is 0 Å². The Hall–Kier alpha value is -2.42. The van der Waals surface area contributed by atoms with Crippen LogP contribution in [0.25, 0.3) is 0 Å². The van der Waals surface area contributed by atoms with Crippen molar-refractivity contribution >= 4 is 11.8 Å². The second-order valence-electron chi connectivity index (χ2n) is 14.4. The van der Waals surface area contributed by atoms with E-state index in [1.54, 1.807) is 5.56 Å². The summed E-state index contributed by atoms with van der Waals surface area (Å²) in [5.74, 6) is 12.3. The summed E-state index contributed by atoms with van der Waals surface area (Å²) in [7, 11) is 0.